The van der Waals surface area contributed by atoms with Crippen molar-refractivity contribution in [2.45, 2.75) is 6.92 Å². The van der Waals surface area contributed by atoms with Crippen molar-refractivity contribution in [3.05, 3.63) is 16.1 Å². The number of halogens is 1. The molecule has 0 aromatic carbocycles. The number of nitrogens with zero attached hydrogens (tertiary/aromatic N) is 1. The Morgan fingerprint density at radius 2 is 2.00 bits per heavy atom. The Hall–Kier alpha value is -1.61. The predicted octanol–water partition coefficient (Wildman–Crippen LogP) is 0.967. The van der Waals surface area contributed by atoms with Gasteiger partial charge in [-0.1, -0.05) is 15.9 Å². The molecule has 0 fully saturated rings. The van der Waals surface area contributed by atoms with Crippen LogP contribution in [0.2, 0.25) is 0 Å². The van der Waals surface area contributed by atoms with E-state index in [1.807, 2.05) is 0 Å². The second kappa shape index (κ2) is 7.10. The fourth-order valence-electron chi connectivity index (χ4n) is 0.902. The number of Topliss-reactive ketones (excluding diaryl/α,β-unsaturated/α-hetero) is 1. The van der Waals surface area contributed by atoms with Gasteiger partial charge in [0, 0.05) is 5.38 Å². The molecule has 1 rings (SSSR count). The highest BCUT2D eigenvalue weighted by Gasteiger charge is 2.22. The molecule has 19 heavy (non-hydrogen) atoms. The Morgan fingerprint density at radius 3 is 2.58 bits per heavy atom. The number of thiazole rings is 1. The molecule has 0 aliphatic rings. The van der Waals surface area contributed by atoms with E-state index < -0.39 is 23.7 Å². The minimum Gasteiger partial charge on any atom is -0.461 e. The van der Waals surface area contributed by atoms with Gasteiger partial charge in [-0.15, -0.1) is 11.3 Å². The van der Waals surface area contributed by atoms with Crippen LogP contribution in [0.1, 0.15) is 27.2 Å². The molecular formula is C10H8BrNO6S. The lowest BCUT2D eigenvalue weighted by Gasteiger charge is -1.98. The zero-order valence-electron chi connectivity index (χ0n) is 9.67. The van der Waals surface area contributed by atoms with E-state index in [-0.39, 0.29) is 22.6 Å². The molecule has 0 spiro atoms. The first-order valence-corrected chi connectivity index (χ1v) is 6.97. The summed E-state index contributed by atoms with van der Waals surface area (Å²) in [6.07, 6.45) is 0. The first kappa shape index (κ1) is 15.4. The van der Waals surface area contributed by atoms with Crippen molar-refractivity contribution in [1.82, 2.24) is 4.98 Å². The summed E-state index contributed by atoms with van der Waals surface area (Å²) in [5.41, 5.74) is -0.233. The maximum absolute atomic E-state index is 11.5. The van der Waals surface area contributed by atoms with Crippen LogP contribution in [-0.2, 0) is 19.1 Å². The van der Waals surface area contributed by atoms with Crippen molar-refractivity contribution < 1.29 is 28.7 Å². The van der Waals surface area contributed by atoms with E-state index in [0.29, 0.717) is 0 Å². The van der Waals surface area contributed by atoms with Gasteiger partial charge in [0.2, 0.25) is 5.01 Å². The molecular weight excluding hydrogens is 342 g/mol. The summed E-state index contributed by atoms with van der Waals surface area (Å²) < 4.78 is 8.96. The summed E-state index contributed by atoms with van der Waals surface area (Å²) in [4.78, 5) is 48.4. The van der Waals surface area contributed by atoms with Crippen LogP contribution in [0.15, 0.2) is 5.38 Å². The van der Waals surface area contributed by atoms with Crippen molar-refractivity contribution in [2.75, 3.05) is 11.9 Å². The summed E-state index contributed by atoms with van der Waals surface area (Å²) in [7, 11) is 0. The Kier molecular flexibility index (Phi) is 5.77. The second-order valence-electron chi connectivity index (χ2n) is 2.99. The van der Waals surface area contributed by atoms with Crippen LogP contribution < -0.4 is 0 Å². The van der Waals surface area contributed by atoms with Gasteiger partial charge in [0.05, 0.1) is 11.9 Å². The number of ether oxygens (including phenoxy) is 2. The number of carbonyl (C=O) groups is 4. The number of esters is 3. The minimum absolute atomic E-state index is 0.0342. The number of aromatic nitrogens is 1. The van der Waals surface area contributed by atoms with E-state index in [9.17, 15) is 19.2 Å². The summed E-state index contributed by atoms with van der Waals surface area (Å²) >= 11 is 3.64. The van der Waals surface area contributed by atoms with Crippen molar-refractivity contribution in [2.24, 2.45) is 0 Å². The molecule has 0 atom stereocenters. The third kappa shape index (κ3) is 4.21. The quantitative estimate of drug-likeness (QED) is 0.338. The van der Waals surface area contributed by atoms with Crippen molar-refractivity contribution in [1.29, 1.82) is 0 Å². The molecule has 0 N–H and O–H groups in total. The standard InChI is InChI=1S/C10H8BrNO6S/c1-2-17-10(16)7-12-5(4-19-7)8(14)18-9(15)6(13)3-11/h4H,2-3H2,1H3. The molecule has 1 aromatic heterocycles. The Balaban J connectivity index is 2.71. The predicted molar refractivity (Wildman–Crippen MR) is 67.3 cm³/mol. The van der Waals surface area contributed by atoms with Crippen LogP contribution in [0.5, 0.6) is 0 Å². The van der Waals surface area contributed by atoms with E-state index in [1.165, 1.54) is 5.38 Å². The first-order valence-electron chi connectivity index (χ1n) is 4.97. The van der Waals surface area contributed by atoms with Gasteiger partial charge in [0.15, 0.2) is 5.69 Å². The Bertz CT molecular complexity index is 526. The van der Waals surface area contributed by atoms with Crippen LogP contribution in [0.25, 0.3) is 0 Å². The van der Waals surface area contributed by atoms with E-state index in [1.54, 1.807) is 6.92 Å². The lowest BCUT2D eigenvalue weighted by Crippen LogP contribution is -2.22. The molecule has 0 amide bonds. The van der Waals surface area contributed by atoms with Gasteiger partial charge in [0.1, 0.15) is 0 Å². The highest BCUT2D eigenvalue weighted by atomic mass is 79.9. The van der Waals surface area contributed by atoms with Crippen LogP contribution in [0, 0.1) is 0 Å². The van der Waals surface area contributed by atoms with Gasteiger partial charge in [-0.25, -0.2) is 19.4 Å². The molecule has 1 aromatic rings. The van der Waals surface area contributed by atoms with Crippen LogP contribution in [0.4, 0.5) is 0 Å². The molecule has 0 aliphatic heterocycles. The zero-order valence-corrected chi connectivity index (χ0v) is 12.1. The summed E-state index contributed by atoms with van der Waals surface area (Å²) in [5.74, 6) is -3.94. The van der Waals surface area contributed by atoms with E-state index in [2.05, 4.69) is 30.4 Å². The number of ketones is 1. The Morgan fingerprint density at radius 1 is 1.32 bits per heavy atom. The third-order valence-electron chi connectivity index (χ3n) is 1.70. The number of carbonyl (C=O) groups excluding carboxylic acids is 4. The SMILES string of the molecule is CCOC(=O)c1nc(C(=O)OC(=O)C(=O)CBr)cs1. The molecule has 0 radical (unpaired) electrons. The monoisotopic (exact) mass is 349 g/mol. The van der Waals surface area contributed by atoms with Gasteiger partial charge in [-0.05, 0) is 6.92 Å². The fourth-order valence-corrected chi connectivity index (χ4v) is 1.81. The van der Waals surface area contributed by atoms with Crippen LogP contribution in [0.3, 0.4) is 0 Å². The normalized spacial score (nSPS) is 9.79. The van der Waals surface area contributed by atoms with Gasteiger partial charge >= 0.3 is 17.9 Å². The van der Waals surface area contributed by atoms with E-state index in [4.69, 9.17) is 0 Å². The minimum atomic E-state index is -1.28. The molecule has 0 unspecified atom stereocenters. The third-order valence-corrected chi connectivity index (χ3v) is 3.03. The molecule has 7 nitrogen and oxygen atoms in total. The van der Waals surface area contributed by atoms with Gasteiger partial charge < -0.3 is 9.47 Å². The Labute approximate surface area is 120 Å². The lowest BCUT2D eigenvalue weighted by molar-refractivity contribution is -0.148. The molecule has 0 saturated heterocycles. The summed E-state index contributed by atoms with van der Waals surface area (Å²) in [6.45, 7) is 1.81. The molecule has 102 valence electrons. The van der Waals surface area contributed by atoms with Crippen LogP contribution >= 0.6 is 27.3 Å². The number of rotatable bonds is 5. The van der Waals surface area contributed by atoms with Gasteiger partial charge in [0.25, 0.3) is 5.78 Å². The van der Waals surface area contributed by atoms with E-state index >= 15 is 0 Å². The highest BCUT2D eigenvalue weighted by molar-refractivity contribution is 9.09. The molecule has 9 heteroatoms. The van der Waals surface area contributed by atoms with Crippen molar-refractivity contribution in [3.63, 3.8) is 0 Å². The van der Waals surface area contributed by atoms with Gasteiger partial charge in [-0.3, -0.25) is 4.79 Å². The lowest BCUT2D eigenvalue weighted by atomic mass is 10.4. The van der Waals surface area contributed by atoms with Crippen molar-refractivity contribution >= 4 is 51.0 Å². The van der Waals surface area contributed by atoms with Crippen molar-refractivity contribution in [3.8, 4) is 0 Å². The number of hydrogen-bond donors (Lipinski definition) is 0. The topological polar surface area (TPSA) is 99.6 Å². The van der Waals surface area contributed by atoms with Gasteiger partial charge in [-0.2, -0.15) is 0 Å². The highest BCUT2D eigenvalue weighted by Crippen LogP contribution is 2.12. The smallest absolute Gasteiger partial charge is 0.383 e. The average molecular weight is 350 g/mol. The maximum atomic E-state index is 11.5. The largest absolute Gasteiger partial charge is 0.461 e. The summed E-state index contributed by atoms with van der Waals surface area (Å²) in [5, 5.41) is 0.957. The van der Waals surface area contributed by atoms with E-state index in [0.717, 1.165) is 11.3 Å². The second-order valence-corrected chi connectivity index (χ2v) is 4.41. The molecule has 0 aliphatic carbocycles. The molecule has 1 heterocycles. The van der Waals surface area contributed by atoms with Crippen LogP contribution in [-0.4, -0.2) is 40.6 Å². The number of hydrogen-bond acceptors (Lipinski definition) is 8. The maximum Gasteiger partial charge on any atom is 0.383 e. The first-order chi connectivity index (χ1) is 8.99. The molecule has 0 saturated carbocycles. The molecule has 0 bridgehead atoms. The fraction of sp³-hybridized carbons (Fsp3) is 0.300. The summed E-state index contributed by atoms with van der Waals surface area (Å²) in [6, 6.07) is 0. The zero-order chi connectivity index (χ0) is 14.4. The number of alkyl halides is 1. The average Bonchev–Trinajstić information content (AvgIpc) is 2.87.